The number of nitrogens with zero attached hydrogens (tertiary/aromatic N) is 3. The van der Waals surface area contributed by atoms with E-state index in [1.54, 1.807) is 6.92 Å². The van der Waals surface area contributed by atoms with Crippen molar-refractivity contribution >= 4 is 40.9 Å². The van der Waals surface area contributed by atoms with Crippen molar-refractivity contribution in [3.8, 4) is 5.69 Å². The minimum absolute atomic E-state index is 0.0139. The summed E-state index contributed by atoms with van der Waals surface area (Å²) in [7, 11) is 0. The van der Waals surface area contributed by atoms with E-state index >= 15 is 0 Å². The fraction of sp³-hybridized carbons (Fsp3) is 0.150. The second-order valence-electron chi connectivity index (χ2n) is 6.51. The molecule has 0 fully saturated rings. The quantitative estimate of drug-likeness (QED) is 0.518. The Balaban J connectivity index is 1.84. The third kappa shape index (κ3) is 5.07. The molecule has 1 aromatic heterocycles. The summed E-state index contributed by atoms with van der Waals surface area (Å²) in [5.41, 5.74) is 0.525. The van der Waals surface area contributed by atoms with Gasteiger partial charge in [0.05, 0.1) is 27.2 Å². The summed E-state index contributed by atoms with van der Waals surface area (Å²) in [5.74, 6) is -5.03. The van der Waals surface area contributed by atoms with Gasteiger partial charge in [0.25, 0.3) is 5.91 Å². The molecule has 0 radical (unpaired) electrons. The molecule has 3 aromatic rings. The summed E-state index contributed by atoms with van der Waals surface area (Å²) >= 11 is 12.5. The summed E-state index contributed by atoms with van der Waals surface area (Å²) in [6.45, 7) is 1.30. The zero-order valence-corrected chi connectivity index (χ0v) is 17.5. The Bertz CT molecular complexity index is 1160. The van der Waals surface area contributed by atoms with E-state index in [0.717, 1.165) is 12.1 Å². The number of hydrogen-bond acceptors (Lipinski definition) is 5. The molecular weight excluding hydrogens is 450 g/mol. The first-order chi connectivity index (χ1) is 14.7. The number of benzene rings is 2. The molecule has 1 unspecified atom stereocenters. The van der Waals surface area contributed by atoms with Crippen LogP contribution in [0, 0.1) is 12.7 Å². The number of aromatic nitrogens is 3. The first kappa shape index (κ1) is 22.4. The van der Waals surface area contributed by atoms with Gasteiger partial charge in [-0.1, -0.05) is 35.3 Å². The SMILES string of the molecule is Cc1ncn(-c2cc(Cl)c(C(=O)NCC(C(=O)C(=O)O)c3cccc(F)c3)c(Cl)c2)n1. The van der Waals surface area contributed by atoms with Crippen LogP contribution in [0.2, 0.25) is 10.0 Å². The van der Waals surface area contributed by atoms with Gasteiger partial charge in [-0.2, -0.15) is 5.10 Å². The number of rotatable bonds is 7. The van der Waals surface area contributed by atoms with Crippen molar-refractivity contribution in [3.05, 3.63) is 75.5 Å². The number of hydrogen-bond donors (Lipinski definition) is 2. The van der Waals surface area contributed by atoms with Crippen molar-refractivity contribution in [3.63, 3.8) is 0 Å². The molecule has 0 aliphatic carbocycles. The van der Waals surface area contributed by atoms with E-state index in [-0.39, 0.29) is 21.2 Å². The maximum atomic E-state index is 13.5. The topological polar surface area (TPSA) is 114 Å². The monoisotopic (exact) mass is 464 g/mol. The fourth-order valence-corrected chi connectivity index (χ4v) is 3.54. The van der Waals surface area contributed by atoms with Crippen molar-refractivity contribution in [2.75, 3.05) is 6.54 Å². The summed E-state index contributed by atoms with van der Waals surface area (Å²) in [6, 6.07) is 7.85. The Morgan fingerprint density at radius 1 is 1.19 bits per heavy atom. The number of carboxylic acids is 1. The van der Waals surface area contributed by atoms with Crippen LogP contribution in [0.25, 0.3) is 5.69 Å². The summed E-state index contributed by atoms with van der Waals surface area (Å²) in [4.78, 5) is 40.0. The first-order valence-corrected chi connectivity index (χ1v) is 9.61. The van der Waals surface area contributed by atoms with Crippen molar-refractivity contribution in [2.45, 2.75) is 12.8 Å². The molecule has 8 nitrogen and oxygen atoms in total. The lowest BCUT2D eigenvalue weighted by molar-refractivity contribution is -0.149. The molecule has 0 saturated heterocycles. The van der Waals surface area contributed by atoms with Gasteiger partial charge in [-0.05, 0) is 36.8 Å². The zero-order valence-electron chi connectivity index (χ0n) is 16.0. The number of aryl methyl sites for hydroxylation is 1. The zero-order chi connectivity index (χ0) is 22.7. The van der Waals surface area contributed by atoms with Gasteiger partial charge in [-0.25, -0.2) is 18.9 Å². The van der Waals surface area contributed by atoms with Gasteiger partial charge in [0.15, 0.2) is 0 Å². The van der Waals surface area contributed by atoms with Gasteiger partial charge in [0.2, 0.25) is 5.78 Å². The minimum Gasteiger partial charge on any atom is -0.475 e. The van der Waals surface area contributed by atoms with E-state index in [2.05, 4.69) is 15.4 Å². The predicted molar refractivity (Wildman–Crippen MR) is 110 cm³/mol. The van der Waals surface area contributed by atoms with Crippen LogP contribution in [0.15, 0.2) is 42.7 Å². The van der Waals surface area contributed by atoms with Crippen molar-refractivity contribution < 1.29 is 23.9 Å². The molecule has 0 aliphatic heterocycles. The van der Waals surface area contributed by atoms with E-state index in [4.69, 9.17) is 28.3 Å². The lowest BCUT2D eigenvalue weighted by atomic mass is 9.94. The Kier molecular flexibility index (Phi) is 6.67. The smallest absolute Gasteiger partial charge is 0.372 e. The fourth-order valence-electron chi connectivity index (χ4n) is 2.90. The lowest BCUT2D eigenvalue weighted by Crippen LogP contribution is -2.34. The highest BCUT2D eigenvalue weighted by Gasteiger charge is 2.28. The molecule has 3 rings (SSSR count). The van der Waals surface area contributed by atoms with E-state index < -0.39 is 35.9 Å². The van der Waals surface area contributed by atoms with Crippen LogP contribution in [-0.2, 0) is 9.59 Å². The summed E-state index contributed by atoms with van der Waals surface area (Å²) < 4.78 is 15.0. The molecule has 1 amide bonds. The molecule has 11 heteroatoms. The number of ketones is 1. The Morgan fingerprint density at radius 2 is 1.87 bits per heavy atom. The van der Waals surface area contributed by atoms with Crippen LogP contribution in [0.5, 0.6) is 0 Å². The van der Waals surface area contributed by atoms with E-state index in [1.807, 2.05) is 0 Å². The maximum Gasteiger partial charge on any atom is 0.372 e. The Morgan fingerprint density at radius 3 is 2.42 bits per heavy atom. The number of halogens is 3. The van der Waals surface area contributed by atoms with Crippen molar-refractivity contribution in [1.82, 2.24) is 20.1 Å². The highest BCUT2D eigenvalue weighted by molar-refractivity contribution is 6.40. The second-order valence-corrected chi connectivity index (χ2v) is 7.32. The molecule has 0 spiro atoms. The number of carbonyl (C=O) groups is 3. The van der Waals surface area contributed by atoms with Gasteiger partial charge in [0, 0.05) is 6.54 Å². The van der Waals surface area contributed by atoms with Gasteiger partial charge in [0.1, 0.15) is 18.0 Å². The normalized spacial score (nSPS) is 11.7. The van der Waals surface area contributed by atoms with Gasteiger partial charge in [-0.15, -0.1) is 0 Å². The van der Waals surface area contributed by atoms with E-state index in [0.29, 0.717) is 11.5 Å². The van der Waals surface area contributed by atoms with Crippen LogP contribution in [-0.4, -0.2) is 44.1 Å². The number of amides is 1. The molecule has 0 aliphatic rings. The number of Topliss-reactive ketones (excluding diaryl/α,β-unsaturated/α-hetero) is 1. The molecule has 1 atom stereocenters. The van der Waals surface area contributed by atoms with E-state index in [1.165, 1.54) is 35.3 Å². The molecule has 1 heterocycles. The van der Waals surface area contributed by atoms with Gasteiger partial charge < -0.3 is 10.4 Å². The second kappa shape index (κ2) is 9.23. The largest absolute Gasteiger partial charge is 0.475 e. The summed E-state index contributed by atoms with van der Waals surface area (Å²) in [5, 5.41) is 15.7. The number of carboxylic acid groups (broad SMARTS) is 1. The third-order valence-electron chi connectivity index (χ3n) is 4.37. The third-order valence-corrected chi connectivity index (χ3v) is 4.97. The van der Waals surface area contributed by atoms with Crippen LogP contribution >= 0.6 is 23.2 Å². The van der Waals surface area contributed by atoms with Crippen LogP contribution in [0.1, 0.15) is 27.7 Å². The Labute approximate surface area is 185 Å². The van der Waals surface area contributed by atoms with Crippen LogP contribution in [0.3, 0.4) is 0 Å². The average Bonchev–Trinajstić information content (AvgIpc) is 3.14. The first-order valence-electron chi connectivity index (χ1n) is 8.86. The molecule has 31 heavy (non-hydrogen) atoms. The number of aliphatic carboxylic acids is 1. The van der Waals surface area contributed by atoms with Crippen LogP contribution < -0.4 is 5.32 Å². The van der Waals surface area contributed by atoms with Crippen LogP contribution in [0.4, 0.5) is 4.39 Å². The predicted octanol–water partition coefficient (Wildman–Crippen LogP) is 3.19. The standard InChI is InChI=1S/C20H15Cl2FN4O4/c1-10-25-9-27(26-10)13-6-15(21)17(16(22)7-13)19(29)24-8-14(18(28)20(30)31)11-3-2-4-12(23)5-11/h2-7,9,14H,8H2,1H3,(H,24,29)(H,30,31). The molecule has 2 N–H and O–H groups in total. The maximum absolute atomic E-state index is 13.5. The summed E-state index contributed by atoms with van der Waals surface area (Å²) in [6.07, 6.45) is 1.46. The lowest BCUT2D eigenvalue weighted by Gasteiger charge is -2.16. The van der Waals surface area contributed by atoms with Crippen molar-refractivity contribution in [1.29, 1.82) is 0 Å². The minimum atomic E-state index is -1.70. The average molecular weight is 465 g/mol. The molecular formula is C20H15Cl2FN4O4. The number of nitrogens with one attached hydrogen (secondary N) is 1. The van der Waals surface area contributed by atoms with Gasteiger partial charge >= 0.3 is 5.97 Å². The molecule has 0 bridgehead atoms. The number of carbonyl (C=O) groups excluding carboxylic acids is 2. The van der Waals surface area contributed by atoms with Gasteiger partial charge in [-0.3, -0.25) is 9.59 Å². The molecule has 160 valence electrons. The van der Waals surface area contributed by atoms with Crippen molar-refractivity contribution in [2.24, 2.45) is 0 Å². The highest BCUT2D eigenvalue weighted by atomic mass is 35.5. The Hall–Kier alpha value is -3.30. The molecule has 2 aromatic carbocycles. The highest BCUT2D eigenvalue weighted by Crippen LogP contribution is 2.28. The molecule has 0 saturated carbocycles. The van der Waals surface area contributed by atoms with E-state index in [9.17, 15) is 18.8 Å².